The van der Waals surface area contributed by atoms with Gasteiger partial charge in [0, 0.05) is 6.42 Å². The lowest BCUT2D eigenvalue weighted by Gasteiger charge is -2.14. The van der Waals surface area contributed by atoms with Crippen LogP contribution in [0.25, 0.3) is 0 Å². The second-order valence-corrected chi connectivity index (χ2v) is 4.12. The lowest BCUT2D eigenvalue weighted by Crippen LogP contribution is -2.37. The fraction of sp³-hybridized carbons (Fsp3) is 0.900. The minimum Gasteiger partial charge on any atom is -0.465 e. The molecule has 3 nitrogen and oxygen atoms in total. The molecule has 0 rings (SSSR count). The van der Waals surface area contributed by atoms with Crippen LogP contribution in [0, 0.1) is 5.92 Å². The third-order valence-electron chi connectivity index (χ3n) is 1.89. The van der Waals surface area contributed by atoms with Crippen LogP contribution >= 0.6 is 0 Å². The lowest BCUT2D eigenvalue weighted by atomic mass is 10.1. The van der Waals surface area contributed by atoms with Crippen LogP contribution in [0.1, 0.15) is 33.1 Å². The molecule has 0 aliphatic heterocycles. The van der Waals surface area contributed by atoms with Crippen LogP contribution in [0.5, 0.6) is 0 Å². The summed E-state index contributed by atoms with van der Waals surface area (Å²) in [4.78, 5) is 11.0. The summed E-state index contributed by atoms with van der Waals surface area (Å²) in [6, 6.07) is -1.86. The summed E-state index contributed by atoms with van der Waals surface area (Å²) in [5, 5.41) is 0. The summed E-state index contributed by atoms with van der Waals surface area (Å²) in [5.41, 5.74) is 4.88. The topological polar surface area (TPSA) is 52.3 Å². The van der Waals surface area contributed by atoms with Gasteiger partial charge in [-0.1, -0.05) is 13.8 Å². The summed E-state index contributed by atoms with van der Waals surface area (Å²) >= 11 is 0. The average molecular weight is 241 g/mol. The number of alkyl halides is 3. The molecule has 0 aromatic rings. The Kier molecular flexibility index (Phi) is 6.40. The number of carbonyl (C=O) groups is 1. The fourth-order valence-corrected chi connectivity index (χ4v) is 0.962. The molecule has 0 spiro atoms. The Hall–Kier alpha value is -0.780. The van der Waals surface area contributed by atoms with Crippen molar-refractivity contribution in [2.75, 3.05) is 6.61 Å². The molecule has 0 aliphatic carbocycles. The summed E-state index contributed by atoms with van der Waals surface area (Å²) < 4.78 is 40.8. The molecule has 2 N–H and O–H groups in total. The first-order chi connectivity index (χ1) is 7.23. The maximum absolute atomic E-state index is 12.0. The van der Waals surface area contributed by atoms with Gasteiger partial charge in [-0.15, -0.1) is 0 Å². The molecule has 16 heavy (non-hydrogen) atoms. The van der Waals surface area contributed by atoms with Crippen molar-refractivity contribution < 1.29 is 22.7 Å². The van der Waals surface area contributed by atoms with E-state index in [4.69, 9.17) is 10.5 Å². The summed E-state index contributed by atoms with van der Waals surface area (Å²) in [5.74, 6) is -0.246. The number of hydrogen-bond donors (Lipinski definition) is 1. The second kappa shape index (κ2) is 6.73. The second-order valence-electron chi connectivity index (χ2n) is 4.12. The zero-order chi connectivity index (χ0) is 12.8. The number of nitrogens with two attached hydrogens (primary N) is 1. The number of halogens is 3. The normalized spacial score (nSPS) is 13.9. The van der Waals surface area contributed by atoms with Gasteiger partial charge in [-0.25, -0.2) is 0 Å². The molecule has 0 bridgehead atoms. The molecule has 0 amide bonds. The van der Waals surface area contributed by atoms with Crippen molar-refractivity contribution in [1.82, 2.24) is 0 Å². The number of hydrogen-bond acceptors (Lipinski definition) is 3. The highest BCUT2D eigenvalue weighted by atomic mass is 19.4. The van der Waals surface area contributed by atoms with Gasteiger partial charge in [0.25, 0.3) is 0 Å². The van der Waals surface area contributed by atoms with Gasteiger partial charge in [0.15, 0.2) is 0 Å². The van der Waals surface area contributed by atoms with E-state index >= 15 is 0 Å². The Morgan fingerprint density at radius 2 is 1.94 bits per heavy atom. The van der Waals surface area contributed by atoms with E-state index < -0.39 is 18.2 Å². The standard InChI is InChI=1S/C10H18F3NO2/c1-7(2)6-16-9(15)5-3-4-8(14)10(11,12)13/h7-8H,3-6,14H2,1-2H3/t8-/m1/s1. The van der Waals surface area contributed by atoms with E-state index in [1.165, 1.54) is 0 Å². The number of rotatable bonds is 6. The summed E-state index contributed by atoms with van der Waals surface area (Å²) in [6.07, 6.45) is -4.56. The van der Waals surface area contributed by atoms with Crippen molar-refractivity contribution >= 4 is 5.97 Å². The van der Waals surface area contributed by atoms with Gasteiger partial charge >= 0.3 is 12.1 Å². The van der Waals surface area contributed by atoms with Crippen LogP contribution in [0.15, 0.2) is 0 Å². The largest absolute Gasteiger partial charge is 0.465 e. The van der Waals surface area contributed by atoms with E-state index in [9.17, 15) is 18.0 Å². The van der Waals surface area contributed by atoms with E-state index in [-0.39, 0.29) is 25.2 Å². The molecule has 0 aromatic carbocycles. The molecule has 6 heteroatoms. The van der Waals surface area contributed by atoms with Gasteiger partial charge in [0.1, 0.15) is 6.04 Å². The first-order valence-corrected chi connectivity index (χ1v) is 5.21. The van der Waals surface area contributed by atoms with Crippen LogP contribution < -0.4 is 5.73 Å². The van der Waals surface area contributed by atoms with Gasteiger partial charge in [-0.05, 0) is 18.8 Å². The Bertz CT molecular complexity index is 217. The number of ether oxygens (including phenoxy) is 1. The molecule has 96 valence electrons. The quantitative estimate of drug-likeness (QED) is 0.725. The zero-order valence-corrected chi connectivity index (χ0v) is 9.51. The van der Waals surface area contributed by atoms with Crippen LogP contribution in [-0.4, -0.2) is 24.8 Å². The molecule has 0 saturated heterocycles. The Balaban J connectivity index is 3.62. The lowest BCUT2D eigenvalue weighted by molar-refractivity contribution is -0.152. The van der Waals surface area contributed by atoms with E-state index in [2.05, 4.69) is 0 Å². The maximum Gasteiger partial charge on any atom is 0.403 e. The predicted molar refractivity (Wildman–Crippen MR) is 53.7 cm³/mol. The van der Waals surface area contributed by atoms with Crippen molar-refractivity contribution in [3.63, 3.8) is 0 Å². The number of carbonyl (C=O) groups excluding carboxylic acids is 1. The van der Waals surface area contributed by atoms with Crippen LogP contribution in [0.3, 0.4) is 0 Å². The molecule has 0 aromatic heterocycles. The van der Waals surface area contributed by atoms with Gasteiger partial charge in [-0.3, -0.25) is 4.79 Å². The molecule has 0 unspecified atom stereocenters. The fourth-order valence-electron chi connectivity index (χ4n) is 0.962. The molecule has 1 atom stereocenters. The van der Waals surface area contributed by atoms with Crippen LogP contribution in [0.2, 0.25) is 0 Å². The third-order valence-corrected chi connectivity index (χ3v) is 1.89. The summed E-state index contributed by atoms with van der Waals surface area (Å²) in [7, 11) is 0. The van der Waals surface area contributed by atoms with Gasteiger partial charge in [0.05, 0.1) is 6.61 Å². The molecule has 0 aliphatic rings. The highest BCUT2D eigenvalue weighted by molar-refractivity contribution is 5.69. The highest BCUT2D eigenvalue weighted by Gasteiger charge is 2.35. The van der Waals surface area contributed by atoms with E-state index in [1.54, 1.807) is 0 Å². The monoisotopic (exact) mass is 241 g/mol. The Morgan fingerprint density at radius 1 is 1.38 bits per heavy atom. The van der Waals surface area contributed by atoms with E-state index in [0.717, 1.165) is 0 Å². The van der Waals surface area contributed by atoms with Crippen LogP contribution in [0.4, 0.5) is 13.2 Å². The minimum absolute atomic E-state index is 0.0174. The minimum atomic E-state index is -4.39. The van der Waals surface area contributed by atoms with E-state index in [1.807, 2.05) is 13.8 Å². The molecule has 0 saturated carbocycles. The van der Waals surface area contributed by atoms with Crippen LogP contribution in [-0.2, 0) is 9.53 Å². The van der Waals surface area contributed by atoms with E-state index in [0.29, 0.717) is 6.61 Å². The van der Waals surface area contributed by atoms with Gasteiger partial charge in [-0.2, -0.15) is 13.2 Å². The highest BCUT2D eigenvalue weighted by Crippen LogP contribution is 2.21. The third kappa shape index (κ3) is 7.50. The Labute approximate surface area is 93.1 Å². The van der Waals surface area contributed by atoms with Crippen molar-refractivity contribution in [2.45, 2.75) is 45.3 Å². The zero-order valence-electron chi connectivity index (χ0n) is 9.51. The predicted octanol–water partition coefficient (Wildman–Crippen LogP) is 2.25. The van der Waals surface area contributed by atoms with Crippen molar-refractivity contribution in [3.05, 3.63) is 0 Å². The average Bonchev–Trinajstić information content (AvgIpc) is 2.13. The van der Waals surface area contributed by atoms with Crippen molar-refractivity contribution in [2.24, 2.45) is 11.7 Å². The first kappa shape index (κ1) is 15.2. The maximum atomic E-state index is 12.0. The summed E-state index contributed by atoms with van der Waals surface area (Å²) in [6.45, 7) is 4.06. The molecule has 0 fully saturated rings. The smallest absolute Gasteiger partial charge is 0.403 e. The molecule has 0 radical (unpaired) electrons. The Morgan fingerprint density at radius 3 is 2.38 bits per heavy atom. The number of esters is 1. The molecular weight excluding hydrogens is 223 g/mol. The molecule has 0 heterocycles. The van der Waals surface area contributed by atoms with Crippen molar-refractivity contribution in [1.29, 1.82) is 0 Å². The van der Waals surface area contributed by atoms with Gasteiger partial charge < -0.3 is 10.5 Å². The van der Waals surface area contributed by atoms with Gasteiger partial charge in [0.2, 0.25) is 0 Å². The van der Waals surface area contributed by atoms with Crippen molar-refractivity contribution in [3.8, 4) is 0 Å². The first-order valence-electron chi connectivity index (χ1n) is 5.21. The molecular formula is C10H18F3NO2. The SMILES string of the molecule is CC(C)COC(=O)CCC[C@@H](N)C(F)(F)F.